The van der Waals surface area contributed by atoms with Crippen LogP contribution < -0.4 is 10.1 Å². The average Bonchev–Trinajstić information content (AvgIpc) is 2.98. The molecule has 0 unspecified atom stereocenters. The van der Waals surface area contributed by atoms with Crippen LogP contribution in [-0.4, -0.2) is 18.6 Å². The van der Waals surface area contributed by atoms with E-state index in [1.807, 2.05) is 42.5 Å². The van der Waals surface area contributed by atoms with E-state index < -0.39 is 0 Å². The third-order valence-corrected chi connectivity index (χ3v) is 3.83. The lowest BCUT2D eigenvalue weighted by Crippen LogP contribution is -2.36. The summed E-state index contributed by atoms with van der Waals surface area (Å²) in [5, 5.41) is 5.20. The molecule has 0 radical (unpaired) electrons. The number of benzene rings is 2. The van der Waals surface area contributed by atoms with E-state index in [9.17, 15) is 4.79 Å². The van der Waals surface area contributed by atoms with Crippen LogP contribution in [0.2, 0.25) is 0 Å². The summed E-state index contributed by atoms with van der Waals surface area (Å²) in [5.41, 5.74) is 0. The van der Waals surface area contributed by atoms with Crippen molar-refractivity contribution >= 4 is 16.7 Å². The molecule has 0 spiro atoms. The molecule has 1 saturated carbocycles. The first kappa shape index (κ1) is 13.0. The molecule has 104 valence electrons. The topological polar surface area (TPSA) is 38.3 Å². The number of nitrogens with one attached hydrogen (secondary N) is 1. The van der Waals surface area contributed by atoms with Crippen molar-refractivity contribution in [1.29, 1.82) is 0 Å². The van der Waals surface area contributed by atoms with Gasteiger partial charge in [0.05, 0.1) is 0 Å². The molecule has 0 atom stereocenters. The summed E-state index contributed by atoms with van der Waals surface area (Å²) in [4.78, 5) is 11.9. The van der Waals surface area contributed by atoms with Gasteiger partial charge >= 0.3 is 0 Å². The zero-order valence-corrected chi connectivity index (χ0v) is 11.5. The molecule has 1 amide bonds. The second-order valence-corrected chi connectivity index (χ2v) is 5.31. The Hall–Kier alpha value is -2.03. The van der Waals surface area contributed by atoms with Crippen molar-refractivity contribution in [1.82, 2.24) is 5.32 Å². The third kappa shape index (κ3) is 2.93. The quantitative estimate of drug-likeness (QED) is 0.925. The Morgan fingerprint density at radius 2 is 1.85 bits per heavy atom. The van der Waals surface area contributed by atoms with E-state index >= 15 is 0 Å². The van der Waals surface area contributed by atoms with Crippen LogP contribution in [0.5, 0.6) is 5.75 Å². The first-order valence-corrected chi connectivity index (χ1v) is 7.23. The summed E-state index contributed by atoms with van der Waals surface area (Å²) >= 11 is 0. The monoisotopic (exact) mass is 269 g/mol. The van der Waals surface area contributed by atoms with Crippen molar-refractivity contribution < 1.29 is 9.53 Å². The first-order valence-electron chi connectivity index (χ1n) is 7.23. The fourth-order valence-corrected chi connectivity index (χ4v) is 2.80. The Bertz CT molecular complexity index is 597. The summed E-state index contributed by atoms with van der Waals surface area (Å²) in [6.07, 6.45) is 4.63. The number of ether oxygens (including phenoxy) is 1. The van der Waals surface area contributed by atoms with E-state index in [1.54, 1.807) is 0 Å². The van der Waals surface area contributed by atoms with Crippen molar-refractivity contribution in [3.63, 3.8) is 0 Å². The van der Waals surface area contributed by atoms with Crippen LogP contribution in [0, 0.1) is 0 Å². The highest BCUT2D eigenvalue weighted by molar-refractivity contribution is 5.88. The van der Waals surface area contributed by atoms with E-state index in [-0.39, 0.29) is 12.5 Å². The molecule has 1 fully saturated rings. The molecule has 0 bridgehead atoms. The smallest absolute Gasteiger partial charge is 0.258 e. The van der Waals surface area contributed by atoms with E-state index in [1.165, 1.54) is 12.8 Å². The molecular weight excluding hydrogens is 250 g/mol. The van der Waals surface area contributed by atoms with Gasteiger partial charge in [-0.15, -0.1) is 0 Å². The third-order valence-electron chi connectivity index (χ3n) is 3.83. The Labute approximate surface area is 118 Å². The van der Waals surface area contributed by atoms with Gasteiger partial charge in [0.15, 0.2) is 6.61 Å². The van der Waals surface area contributed by atoms with Gasteiger partial charge in [0.1, 0.15) is 5.75 Å². The number of carbonyl (C=O) groups is 1. The molecule has 20 heavy (non-hydrogen) atoms. The molecular formula is C17H19NO2. The molecule has 0 aliphatic heterocycles. The lowest BCUT2D eigenvalue weighted by atomic mass is 10.1. The van der Waals surface area contributed by atoms with Crippen molar-refractivity contribution in [2.75, 3.05) is 6.61 Å². The normalized spacial score (nSPS) is 15.4. The Morgan fingerprint density at radius 3 is 2.70 bits per heavy atom. The van der Waals surface area contributed by atoms with Crippen molar-refractivity contribution in [2.45, 2.75) is 31.7 Å². The largest absolute Gasteiger partial charge is 0.483 e. The number of carbonyl (C=O) groups excluding carboxylic acids is 1. The molecule has 2 aromatic carbocycles. The van der Waals surface area contributed by atoms with Crippen LogP contribution >= 0.6 is 0 Å². The van der Waals surface area contributed by atoms with Crippen LogP contribution in [0.1, 0.15) is 25.7 Å². The molecule has 0 aromatic heterocycles. The zero-order chi connectivity index (χ0) is 13.8. The summed E-state index contributed by atoms with van der Waals surface area (Å²) in [6, 6.07) is 14.3. The van der Waals surface area contributed by atoms with Gasteiger partial charge in [-0.05, 0) is 24.3 Å². The maximum absolute atomic E-state index is 11.9. The summed E-state index contributed by atoms with van der Waals surface area (Å²) in [7, 11) is 0. The van der Waals surface area contributed by atoms with Crippen molar-refractivity contribution in [3.8, 4) is 5.75 Å². The molecule has 0 saturated heterocycles. The highest BCUT2D eigenvalue weighted by Gasteiger charge is 2.17. The number of hydrogen-bond acceptors (Lipinski definition) is 2. The predicted molar refractivity (Wildman–Crippen MR) is 79.8 cm³/mol. The number of hydrogen-bond donors (Lipinski definition) is 1. The van der Waals surface area contributed by atoms with Crippen LogP contribution in [0.15, 0.2) is 42.5 Å². The van der Waals surface area contributed by atoms with Crippen LogP contribution in [0.3, 0.4) is 0 Å². The summed E-state index contributed by atoms with van der Waals surface area (Å²) in [6.45, 7) is 0.0878. The molecule has 3 rings (SSSR count). The van der Waals surface area contributed by atoms with Crippen molar-refractivity contribution in [2.24, 2.45) is 0 Å². The predicted octanol–water partition coefficient (Wildman–Crippen LogP) is 3.28. The van der Waals surface area contributed by atoms with Gasteiger partial charge in [-0.3, -0.25) is 4.79 Å². The lowest BCUT2D eigenvalue weighted by molar-refractivity contribution is -0.123. The standard InChI is InChI=1S/C17H19NO2/c19-17(18-14-8-2-3-9-14)12-20-16-11-5-7-13-6-1-4-10-15(13)16/h1,4-7,10-11,14H,2-3,8-9,12H2,(H,18,19). The molecule has 1 N–H and O–H groups in total. The number of amides is 1. The van der Waals surface area contributed by atoms with E-state index in [0.717, 1.165) is 29.4 Å². The molecule has 2 aromatic rings. The average molecular weight is 269 g/mol. The maximum Gasteiger partial charge on any atom is 0.258 e. The van der Waals surface area contributed by atoms with Gasteiger partial charge in [0.25, 0.3) is 5.91 Å². The molecule has 0 heterocycles. The minimum absolute atomic E-state index is 0.0233. The van der Waals surface area contributed by atoms with Gasteiger partial charge in [-0.25, -0.2) is 0 Å². The highest BCUT2D eigenvalue weighted by atomic mass is 16.5. The maximum atomic E-state index is 11.9. The van der Waals surface area contributed by atoms with Gasteiger partial charge < -0.3 is 10.1 Å². The minimum atomic E-state index is -0.0233. The van der Waals surface area contributed by atoms with E-state index in [0.29, 0.717) is 6.04 Å². The zero-order valence-electron chi connectivity index (χ0n) is 11.5. The van der Waals surface area contributed by atoms with Gasteiger partial charge in [-0.2, -0.15) is 0 Å². The minimum Gasteiger partial charge on any atom is -0.483 e. The van der Waals surface area contributed by atoms with E-state index in [2.05, 4.69) is 5.32 Å². The van der Waals surface area contributed by atoms with E-state index in [4.69, 9.17) is 4.74 Å². The first-order chi connectivity index (χ1) is 9.83. The summed E-state index contributed by atoms with van der Waals surface area (Å²) in [5.74, 6) is 0.745. The van der Waals surface area contributed by atoms with Crippen molar-refractivity contribution in [3.05, 3.63) is 42.5 Å². The van der Waals surface area contributed by atoms with Gasteiger partial charge in [0.2, 0.25) is 0 Å². The second kappa shape index (κ2) is 5.95. The molecule has 1 aliphatic rings. The molecule has 3 nitrogen and oxygen atoms in total. The number of fused-ring (bicyclic) bond motifs is 1. The Morgan fingerprint density at radius 1 is 1.10 bits per heavy atom. The second-order valence-electron chi connectivity index (χ2n) is 5.31. The van der Waals surface area contributed by atoms with Crippen LogP contribution in [0.4, 0.5) is 0 Å². The fourth-order valence-electron chi connectivity index (χ4n) is 2.80. The Balaban J connectivity index is 1.63. The molecule has 3 heteroatoms. The van der Waals surface area contributed by atoms with Gasteiger partial charge in [-0.1, -0.05) is 49.2 Å². The summed E-state index contributed by atoms with van der Waals surface area (Å²) < 4.78 is 5.68. The lowest BCUT2D eigenvalue weighted by Gasteiger charge is -2.13. The van der Waals surface area contributed by atoms with Crippen LogP contribution in [-0.2, 0) is 4.79 Å². The number of rotatable bonds is 4. The Kier molecular flexibility index (Phi) is 3.86. The van der Waals surface area contributed by atoms with Gasteiger partial charge in [0, 0.05) is 11.4 Å². The fraction of sp³-hybridized carbons (Fsp3) is 0.353. The highest BCUT2D eigenvalue weighted by Crippen LogP contribution is 2.25. The SMILES string of the molecule is O=C(COc1cccc2ccccc12)NC1CCCC1. The molecule has 1 aliphatic carbocycles. The van der Waals surface area contributed by atoms with Crippen LogP contribution in [0.25, 0.3) is 10.8 Å².